The van der Waals surface area contributed by atoms with Crippen LogP contribution < -0.4 is 5.32 Å². The van der Waals surface area contributed by atoms with Crippen LogP contribution in [0.15, 0.2) is 0 Å². The number of hydrogen-bond acceptors (Lipinski definition) is 3. The number of hydrogen-bond donors (Lipinski definition) is 1. The molecule has 4 heteroatoms. The Balaban J connectivity index is 2.70. The summed E-state index contributed by atoms with van der Waals surface area (Å²) in [5.41, 5.74) is -0.575. The van der Waals surface area contributed by atoms with Crippen LogP contribution in [0.5, 0.6) is 0 Å². The maximum absolute atomic E-state index is 10.8. The topological polar surface area (TPSA) is 55.4 Å². The van der Waals surface area contributed by atoms with Gasteiger partial charge in [0.25, 0.3) is 0 Å². The first-order valence-corrected chi connectivity index (χ1v) is 3.02. The molecule has 0 aromatic heterocycles. The van der Waals surface area contributed by atoms with Crippen molar-refractivity contribution in [2.24, 2.45) is 5.41 Å². The van der Waals surface area contributed by atoms with Crippen molar-refractivity contribution in [2.75, 3.05) is 6.54 Å². The lowest BCUT2D eigenvalue weighted by molar-refractivity contribution is -0.149. The van der Waals surface area contributed by atoms with Gasteiger partial charge in [0.1, 0.15) is 0 Å². The van der Waals surface area contributed by atoms with Gasteiger partial charge in [0, 0.05) is 6.54 Å². The summed E-state index contributed by atoms with van der Waals surface area (Å²) in [4.78, 5) is 21.3. The molecule has 0 spiro atoms. The summed E-state index contributed by atoms with van der Waals surface area (Å²) in [6.45, 7) is 3.79. The summed E-state index contributed by atoms with van der Waals surface area (Å²) in [6, 6.07) is 0. The fraction of sp³-hybridized carbons (Fsp3) is 0.667. The highest BCUT2D eigenvalue weighted by atomic mass is 16.6. The molecule has 56 valence electrons. The van der Waals surface area contributed by atoms with Crippen LogP contribution in [0.1, 0.15) is 13.8 Å². The molecule has 1 amide bonds. The Kier molecular flexibility index (Phi) is 1.39. The van der Waals surface area contributed by atoms with Gasteiger partial charge < -0.3 is 10.1 Å². The van der Waals surface area contributed by atoms with E-state index < -0.39 is 17.5 Å². The van der Waals surface area contributed by atoms with Gasteiger partial charge in [-0.3, -0.25) is 4.79 Å². The molecule has 1 aliphatic rings. The lowest BCUT2D eigenvalue weighted by Crippen LogP contribution is -2.47. The van der Waals surface area contributed by atoms with Gasteiger partial charge in [-0.25, -0.2) is 4.79 Å². The third-order valence-electron chi connectivity index (χ3n) is 1.41. The highest BCUT2D eigenvalue weighted by molar-refractivity contribution is 5.90. The van der Waals surface area contributed by atoms with Gasteiger partial charge in [-0.05, 0) is 13.8 Å². The Bertz CT molecular complexity index is 185. The van der Waals surface area contributed by atoms with E-state index in [4.69, 9.17) is 0 Å². The van der Waals surface area contributed by atoms with Crippen LogP contribution in [-0.4, -0.2) is 18.6 Å². The second kappa shape index (κ2) is 1.97. The lowest BCUT2D eigenvalue weighted by atomic mass is 9.93. The molecule has 4 nitrogen and oxygen atoms in total. The average Bonchev–Trinajstić information content (AvgIpc) is 1.81. The van der Waals surface area contributed by atoms with Crippen LogP contribution in [0.2, 0.25) is 0 Å². The summed E-state index contributed by atoms with van der Waals surface area (Å²) in [5.74, 6) is -0.462. The zero-order valence-corrected chi connectivity index (χ0v) is 5.93. The second-order valence-electron chi connectivity index (χ2n) is 2.91. The number of carbonyl (C=O) groups excluding carboxylic acids is 2. The van der Waals surface area contributed by atoms with E-state index in [0.717, 1.165) is 0 Å². The average molecular weight is 143 g/mol. The Morgan fingerprint density at radius 3 is 2.50 bits per heavy atom. The smallest absolute Gasteiger partial charge is 0.376 e. The molecule has 1 fully saturated rings. The first-order valence-electron chi connectivity index (χ1n) is 3.02. The standard InChI is InChI=1S/C6H9NO3/c1-6(2)3-7-5(9)10-4(6)8/h3H2,1-2H3,(H,7,9). The molecule has 1 rings (SSSR count). The summed E-state index contributed by atoms with van der Waals surface area (Å²) < 4.78 is 4.31. The number of carbonyl (C=O) groups is 2. The van der Waals surface area contributed by atoms with Crippen molar-refractivity contribution in [3.63, 3.8) is 0 Å². The highest BCUT2D eigenvalue weighted by Crippen LogP contribution is 2.18. The van der Waals surface area contributed by atoms with Gasteiger partial charge in [0.15, 0.2) is 0 Å². The molecule has 1 N–H and O–H groups in total. The van der Waals surface area contributed by atoms with Crippen LogP contribution in [0.4, 0.5) is 4.79 Å². The minimum absolute atomic E-state index is 0.352. The molecule has 1 saturated heterocycles. The molecule has 0 saturated carbocycles. The van der Waals surface area contributed by atoms with E-state index in [9.17, 15) is 9.59 Å². The van der Waals surface area contributed by atoms with E-state index in [1.54, 1.807) is 13.8 Å². The van der Waals surface area contributed by atoms with E-state index in [-0.39, 0.29) is 0 Å². The highest BCUT2D eigenvalue weighted by Gasteiger charge is 2.35. The quantitative estimate of drug-likeness (QED) is 0.391. The van der Waals surface area contributed by atoms with Crippen molar-refractivity contribution in [3.05, 3.63) is 0 Å². The summed E-state index contributed by atoms with van der Waals surface area (Å²) in [7, 11) is 0. The third kappa shape index (κ3) is 1.10. The van der Waals surface area contributed by atoms with Crippen molar-refractivity contribution in [1.29, 1.82) is 0 Å². The minimum atomic E-state index is -0.649. The van der Waals surface area contributed by atoms with Crippen molar-refractivity contribution >= 4 is 12.1 Å². The normalized spacial score (nSPS) is 23.4. The number of rotatable bonds is 0. The molecule has 0 unspecified atom stereocenters. The fourth-order valence-electron chi connectivity index (χ4n) is 0.624. The summed E-state index contributed by atoms with van der Waals surface area (Å²) in [5, 5.41) is 2.42. The Hall–Kier alpha value is -1.06. The third-order valence-corrected chi connectivity index (χ3v) is 1.41. The molecular formula is C6H9NO3. The number of cyclic esters (lactones) is 2. The molecule has 1 heterocycles. The molecule has 0 radical (unpaired) electrons. The van der Waals surface area contributed by atoms with E-state index in [1.165, 1.54) is 0 Å². The molecule has 0 aliphatic carbocycles. The van der Waals surface area contributed by atoms with Gasteiger partial charge in [0.2, 0.25) is 0 Å². The summed E-state index contributed by atoms with van der Waals surface area (Å²) in [6.07, 6.45) is -0.649. The van der Waals surface area contributed by atoms with Gasteiger partial charge in [-0.15, -0.1) is 0 Å². The van der Waals surface area contributed by atoms with Crippen molar-refractivity contribution in [1.82, 2.24) is 5.32 Å². The molecule has 0 atom stereocenters. The predicted octanol–water partition coefficient (Wildman–Crippen LogP) is 0.279. The number of nitrogens with one attached hydrogen (secondary N) is 1. The fourth-order valence-corrected chi connectivity index (χ4v) is 0.624. The van der Waals surface area contributed by atoms with Gasteiger partial charge >= 0.3 is 12.1 Å². The van der Waals surface area contributed by atoms with Crippen LogP contribution in [0.25, 0.3) is 0 Å². The molecule has 10 heavy (non-hydrogen) atoms. The van der Waals surface area contributed by atoms with Gasteiger partial charge in [0.05, 0.1) is 5.41 Å². The van der Waals surface area contributed by atoms with E-state index in [0.29, 0.717) is 6.54 Å². The predicted molar refractivity (Wildman–Crippen MR) is 33.3 cm³/mol. The molecule has 0 bridgehead atoms. The number of amides is 1. The van der Waals surface area contributed by atoms with Crippen molar-refractivity contribution in [3.8, 4) is 0 Å². The van der Waals surface area contributed by atoms with Crippen LogP contribution in [0.3, 0.4) is 0 Å². The van der Waals surface area contributed by atoms with Crippen LogP contribution in [0, 0.1) is 5.41 Å². The van der Waals surface area contributed by atoms with E-state index in [2.05, 4.69) is 10.1 Å². The maximum atomic E-state index is 10.8. The molecule has 1 aliphatic heterocycles. The van der Waals surface area contributed by atoms with Crippen LogP contribution >= 0.6 is 0 Å². The first-order chi connectivity index (χ1) is 4.52. The van der Waals surface area contributed by atoms with Crippen LogP contribution in [-0.2, 0) is 9.53 Å². The summed E-state index contributed by atoms with van der Waals surface area (Å²) >= 11 is 0. The van der Waals surface area contributed by atoms with Crippen molar-refractivity contribution in [2.45, 2.75) is 13.8 Å². The van der Waals surface area contributed by atoms with E-state index in [1.807, 2.05) is 0 Å². The number of alkyl carbamates (subject to hydrolysis) is 1. The largest absolute Gasteiger partial charge is 0.414 e. The van der Waals surface area contributed by atoms with Crippen molar-refractivity contribution < 1.29 is 14.3 Å². The maximum Gasteiger partial charge on any atom is 0.414 e. The van der Waals surface area contributed by atoms with E-state index >= 15 is 0 Å². The van der Waals surface area contributed by atoms with Gasteiger partial charge in [-0.2, -0.15) is 0 Å². The van der Waals surface area contributed by atoms with Gasteiger partial charge in [-0.1, -0.05) is 0 Å². The monoisotopic (exact) mass is 143 g/mol. The Morgan fingerprint density at radius 1 is 1.50 bits per heavy atom. The molecule has 0 aromatic rings. The Labute approximate surface area is 58.5 Å². The zero-order valence-electron chi connectivity index (χ0n) is 5.93. The number of esters is 1. The minimum Gasteiger partial charge on any atom is -0.376 e. The zero-order chi connectivity index (χ0) is 7.78. The first kappa shape index (κ1) is 7.05. The lowest BCUT2D eigenvalue weighted by Gasteiger charge is -2.26. The SMILES string of the molecule is CC1(C)CNC(=O)OC1=O. The molecule has 0 aromatic carbocycles. The number of ether oxygens (including phenoxy) is 1. The molecular weight excluding hydrogens is 134 g/mol. The Morgan fingerprint density at radius 2 is 2.10 bits per heavy atom. The second-order valence-corrected chi connectivity index (χ2v) is 2.91.